The molecule has 1 saturated heterocycles. The van der Waals surface area contributed by atoms with Crippen LogP contribution < -0.4 is 14.8 Å². The fourth-order valence-corrected chi connectivity index (χ4v) is 5.37. The van der Waals surface area contributed by atoms with E-state index in [9.17, 15) is 13.2 Å². The zero-order chi connectivity index (χ0) is 23.1. The van der Waals surface area contributed by atoms with Crippen LogP contribution in [-0.4, -0.2) is 52.5 Å². The highest BCUT2D eigenvalue weighted by Gasteiger charge is 2.24. The van der Waals surface area contributed by atoms with Gasteiger partial charge in [-0.05, 0) is 74.7 Å². The second kappa shape index (κ2) is 10.9. The largest absolute Gasteiger partial charge is 0.497 e. The quantitative estimate of drug-likeness (QED) is 0.570. The normalized spacial score (nSPS) is 15.5. The smallest absolute Gasteiger partial charge is 0.240 e. The number of nitrogens with zero attached hydrogens (tertiary/aromatic N) is 1. The molecule has 1 fully saturated rings. The third-order valence-corrected chi connectivity index (χ3v) is 7.45. The van der Waals surface area contributed by atoms with Crippen molar-refractivity contribution < 1.29 is 17.9 Å². The molecule has 2 aromatic carbocycles. The Morgan fingerprint density at radius 3 is 2.44 bits per heavy atom. The molecule has 32 heavy (non-hydrogen) atoms. The summed E-state index contributed by atoms with van der Waals surface area (Å²) in [5, 5.41) is 2.99. The molecule has 2 aromatic rings. The first kappa shape index (κ1) is 24.2. The number of hydrogen-bond donors (Lipinski definition) is 2. The number of carbonyl (C=O) groups is 1. The maximum absolute atomic E-state index is 12.6. The third-order valence-electron chi connectivity index (χ3n) is 5.85. The highest BCUT2D eigenvalue weighted by Crippen LogP contribution is 2.26. The number of likely N-dealkylation sites (tertiary alicyclic amines) is 1. The van der Waals surface area contributed by atoms with Gasteiger partial charge in [0.1, 0.15) is 5.75 Å². The van der Waals surface area contributed by atoms with Gasteiger partial charge >= 0.3 is 0 Å². The van der Waals surface area contributed by atoms with E-state index in [0.717, 1.165) is 42.8 Å². The molecule has 1 heterocycles. The van der Waals surface area contributed by atoms with Crippen LogP contribution >= 0.6 is 0 Å². The minimum Gasteiger partial charge on any atom is -0.497 e. The van der Waals surface area contributed by atoms with Crippen molar-refractivity contribution in [3.05, 3.63) is 59.2 Å². The van der Waals surface area contributed by atoms with Crippen LogP contribution in [0.3, 0.4) is 0 Å². The summed E-state index contributed by atoms with van der Waals surface area (Å²) in [4.78, 5) is 15.1. The van der Waals surface area contributed by atoms with Crippen molar-refractivity contribution in [3.8, 4) is 5.75 Å². The van der Waals surface area contributed by atoms with Crippen LogP contribution in [0.4, 0.5) is 0 Å². The van der Waals surface area contributed by atoms with Crippen LogP contribution in [0.1, 0.15) is 42.0 Å². The molecule has 8 heteroatoms. The SMILES string of the molecule is COc1ccc(C(CNC(=O)CCNS(=O)(=O)c2cc(C)ccc2C)N2CCCC2)cc1. The van der Waals surface area contributed by atoms with Gasteiger partial charge in [0.2, 0.25) is 15.9 Å². The van der Waals surface area contributed by atoms with Gasteiger partial charge < -0.3 is 10.1 Å². The van der Waals surface area contributed by atoms with E-state index in [0.29, 0.717) is 12.1 Å². The minimum atomic E-state index is -3.65. The lowest BCUT2D eigenvalue weighted by Crippen LogP contribution is -2.38. The minimum absolute atomic E-state index is 0.0540. The summed E-state index contributed by atoms with van der Waals surface area (Å²) in [6.07, 6.45) is 2.39. The predicted octanol–water partition coefficient (Wildman–Crippen LogP) is 2.93. The molecule has 3 rings (SSSR count). The molecule has 0 radical (unpaired) electrons. The lowest BCUT2D eigenvalue weighted by molar-refractivity contribution is -0.121. The number of benzene rings is 2. The summed E-state index contributed by atoms with van der Waals surface area (Å²) < 4.78 is 33.0. The standard InChI is InChI=1S/C24H33N3O4S/c1-18-6-7-19(2)23(16-18)32(29,30)26-13-12-24(28)25-17-22(27-14-4-5-15-27)20-8-10-21(31-3)11-9-20/h6-11,16,22,26H,4-5,12-15,17H2,1-3H3,(H,25,28). The Morgan fingerprint density at radius 1 is 1.09 bits per heavy atom. The van der Waals surface area contributed by atoms with Crippen LogP contribution in [0.25, 0.3) is 0 Å². The molecule has 0 saturated carbocycles. The Labute approximate surface area is 191 Å². The van der Waals surface area contributed by atoms with E-state index in [2.05, 4.69) is 14.9 Å². The van der Waals surface area contributed by atoms with E-state index < -0.39 is 10.0 Å². The van der Waals surface area contributed by atoms with Crippen molar-refractivity contribution in [3.63, 3.8) is 0 Å². The van der Waals surface area contributed by atoms with Crippen LogP contribution in [0.2, 0.25) is 0 Å². The van der Waals surface area contributed by atoms with Crippen molar-refractivity contribution >= 4 is 15.9 Å². The summed E-state index contributed by atoms with van der Waals surface area (Å²) in [6.45, 7) is 6.15. The van der Waals surface area contributed by atoms with E-state index in [1.54, 1.807) is 26.2 Å². The molecule has 1 amide bonds. The molecule has 7 nitrogen and oxygen atoms in total. The fourth-order valence-electron chi connectivity index (χ4n) is 4.01. The first-order chi connectivity index (χ1) is 15.3. The molecule has 1 aliphatic heterocycles. The first-order valence-corrected chi connectivity index (χ1v) is 12.5. The maximum Gasteiger partial charge on any atom is 0.240 e. The lowest BCUT2D eigenvalue weighted by Gasteiger charge is -2.28. The summed E-state index contributed by atoms with van der Waals surface area (Å²) in [6, 6.07) is 13.3. The molecule has 0 aromatic heterocycles. The average Bonchev–Trinajstić information content (AvgIpc) is 3.30. The van der Waals surface area contributed by atoms with E-state index in [-0.39, 0.29) is 29.8 Å². The monoisotopic (exact) mass is 459 g/mol. The number of ether oxygens (including phenoxy) is 1. The number of hydrogen-bond acceptors (Lipinski definition) is 5. The third kappa shape index (κ3) is 6.31. The number of sulfonamides is 1. The Morgan fingerprint density at radius 2 is 1.78 bits per heavy atom. The van der Waals surface area contributed by atoms with Crippen molar-refractivity contribution in [2.75, 3.05) is 33.3 Å². The number of nitrogens with one attached hydrogen (secondary N) is 2. The molecule has 1 atom stereocenters. The van der Waals surface area contributed by atoms with Crippen molar-refractivity contribution in [1.82, 2.24) is 14.9 Å². The van der Waals surface area contributed by atoms with Gasteiger partial charge in [-0.15, -0.1) is 0 Å². The Balaban J connectivity index is 1.55. The van der Waals surface area contributed by atoms with Gasteiger partial charge in [0.25, 0.3) is 0 Å². The number of aryl methyl sites for hydroxylation is 2. The van der Waals surface area contributed by atoms with Gasteiger partial charge in [0, 0.05) is 19.5 Å². The fraction of sp³-hybridized carbons (Fsp3) is 0.458. The van der Waals surface area contributed by atoms with Crippen LogP contribution in [0, 0.1) is 13.8 Å². The van der Waals surface area contributed by atoms with E-state index in [1.165, 1.54) is 0 Å². The number of rotatable bonds is 10. The van der Waals surface area contributed by atoms with E-state index >= 15 is 0 Å². The number of carbonyl (C=O) groups excluding carboxylic acids is 1. The van der Waals surface area contributed by atoms with Gasteiger partial charge in [-0.1, -0.05) is 24.3 Å². The first-order valence-electron chi connectivity index (χ1n) is 11.0. The topological polar surface area (TPSA) is 87.7 Å². The number of amides is 1. The van der Waals surface area contributed by atoms with Crippen molar-refractivity contribution in [2.24, 2.45) is 0 Å². The zero-order valence-electron chi connectivity index (χ0n) is 19.1. The molecular formula is C24H33N3O4S. The Kier molecular flexibility index (Phi) is 8.28. The Hall–Kier alpha value is -2.42. The number of methoxy groups -OCH3 is 1. The molecular weight excluding hydrogens is 426 g/mol. The van der Waals surface area contributed by atoms with Gasteiger partial charge in [-0.25, -0.2) is 13.1 Å². The molecule has 0 bridgehead atoms. The predicted molar refractivity (Wildman–Crippen MR) is 125 cm³/mol. The van der Waals surface area contributed by atoms with E-state index in [1.807, 2.05) is 37.3 Å². The zero-order valence-corrected chi connectivity index (χ0v) is 19.9. The summed E-state index contributed by atoms with van der Waals surface area (Å²) in [7, 11) is -2.01. The van der Waals surface area contributed by atoms with Crippen LogP contribution in [-0.2, 0) is 14.8 Å². The second-order valence-electron chi connectivity index (χ2n) is 8.25. The van der Waals surface area contributed by atoms with Gasteiger partial charge in [0.05, 0.1) is 18.0 Å². The van der Waals surface area contributed by atoms with Crippen molar-refractivity contribution in [1.29, 1.82) is 0 Å². The molecule has 174 valence electrons. The van der Waals surface area contributed by atoms with E-state index in [4.69, 9.17) is 4.74 Å². The molecule has 0 spiro atoms. The van der Waals surface area contributed by atoms with Crippen molar-refractivity contribution in [2.45, 2.75) is 44.0 Å². The second-order valence-corrected chi connectivity index (χ2v) is 9.99. The summed E-state index contributed by atoms with van der Waals surface area (Å²) >= 11 is 0. The molecule has 2 N–H and O–H groups in total. The molecule has 1 aliphatic rings. The maximum atomic E-state index is 12.6. The van der Waals surface area contributed by atoms with Gasteiger partial charge in [-0.3, -0.25) is 9.69 Å². The average molecular weight is 460 g/mol. The Bertz CT molecular complexity index is 1020. The molecule has 1 unspecified atom stereocenters. The summed E-state index contributed by atoms with van der Waals surface area (Å²) in [5.74, 6) is 0.625. The van der Waals surface area contributed by atoms with Gasteiger partial charge in [0.15, 0.2) is 0 Å². The highest BCUT2D eigenvalue weighted by molar-refractivity contribution is 7.89. The molecule has 0 aliphatic carbocycles. The van der Waals surface area contributed by atoms with Crippen LogP contribution in [0.15, 0.2) is 47.4 Å². The van der Waals surface area contributed by atoms with Crippen LogP contribution in [0.5, 0.6) is 5.75 Å². The lowest BCUT2D eigenvalue weighted by atomic mass is 10.1. The highest BCUT2D eigenvalue weighted by atomic mass is 32.2. The van der Waals surface area contributed by atoms with Gasteiger partial charge in [-0.2, -0.15) is 0 Å². The summed E-state index contributed by atoms with van der Waals surface area (Å²) in [5.41, 5.74) is 2.68.